The molecule has 0 saturated carbocycles. The second-order valence-corrected chi connectivity index (χ2v) is 4.94. The van der Waals surface area contributed by atoms with Gasteiger partial charge in [0, 0.05) is 6.04 Å². The maximum atomic E-state index is 12.1. The van der Waals surface area contributed by atoms with E-state index in [1.54, 1.807) is 0 Å². The SMILES string of the molecule is COC(=O)C1(C(=O)OC)CCNC(c2ccccc2)C1. The molecule has 1 fully saturated rings. The number of hydrogen-bond acceptors (Lipinski definition) is 5. The molecular weight excluding hydrogens is 258 g/mol. The highest BCUT2D eigenvalue weighted by Crippen LogP contribution is 2.39. The largest absolute Gasteiger partial charge is 0.468 e. The van der Waals surface area contributed by atoms with Crippen molar-refractivity contribution in [2.24, 2.45) is 5.41 Å². The molecule has 0 radical (unpaired) electrons. The Hall–Kier alpha value is -1.88. The van der Waals surface area contributed by atoms with Gasteiger partial charge in [-0.25, -0.2) is 0 Å². The number of carbonyl (C=O) groups excluding carboxylic acids is 2. The fraction of sp³-hybridized carbons (Fsp3) is 0.467. The summed E-state index contributed by atoms with van der Waals surface area (Å²) < 4.78 is 9.67. The third kappa shape index (κ3) is 2.54. The molecule has 1 aromatic carbocycles. The van der Waals surface area contributed by atoms with E-state index in [1.165, 1.54) is 14.2 Å². The Kier molecular flexibility index (Phi) is 4.39. The second kappa shape index (κ2) is 6.05. The van der Waals surface area contributed by atoms with Gasteiger partial charge >= 0.3 is 11.9 Å². The van der Waals surface area contributed by atoms with Crippen molar-refractivity contribution in [3.63, 3.8) is 0 Å². The summed E-state index contributed by atoms with van der Waals surface area (Å²) in [6.45, 7) is 0.559. The first-order valence-corrected chi connectivity index (χ1v) is 6.59. The first-order valence-electron chi connectivity index (χ1n) is 6.59. The zero-order valence-corrected chi connectivity index (χ0v) is 11.7. The van der Waals surface area contributed by atoms with Gasteiger partial charge in [0.15, 0.2) is 5.41 Å². The number of methoxy groups -OCH3 is 2. The molecule has 0 spiro atoms. The standard InChI is InChI=1S/C15H19NO4/c1-19-13(17)15(14(18)20-2)8-9-16-12(10-15)11-6-4-3-5-7-11/h3-7,12,16H,8-10H2,1-2H3. The maximum Gasteiger partial charge on any atom is 0.323 e. The molecule has 1 aromatic rings. The van der Waals surface area contributed by atoms with E-state index in [1.807, 2.05) is 30.3 Å². The molecule has 0 aliphatic carbocycles. The Morgan fingerprint density at radius 1 is 1.15 bits per heavy atom. The highest BCUT2D eigenvalue weighted by atomic mass is 16.5. The summed E-state index contributed by atoms with van der Waals surface area (Å²) in [6, 6.07) is 9.68. The van der Waals surface area contributed by atoms with E-state index in [-0.39, 0.29) is 6.04 Å². The fourth-order valence-electron chi connectivity index (χ4n) is 2.75. The molecule has 1 N–H and O–H groups in total. The molecule has 20 heavy (non-hydrogen) atoms. The van der Waals surface area contributed by atoms with Crippen LogP contribution in [0.15, 0.2) is 30.3 Å². The summed E-state index contributed by atoms with van der Waals surface area (Å²) in [4.78, 5) is 24.2. The quantitative estimate of drug-likeness (QED) is 0.669. The van der Waals surface area contributed by atoms with Crippen LogP contribution in [-0.4, -0.2) is 32.7 Å². The van der Waals surface area contributed by atoms with Gasteiger partial charge in [0.25, 0.3) is 0 Å². The summed E-state index contributed by atoms with van der Waals surface area (Å²) >= 11 is 0. The lowest BCUT2D eigenvalue weighted by Crippen LogP contribution is -2.49. The summed E-state index contributed by atoms with van der Waals surface area (Å²) in [7, 11) is 2.60. The van der Waals surface area contributed by atoms with E-state index in [0.29, 0.717) is 19.4 Å². The van der Waals surface area contributed by atoms with Crippen molar-refractivity contribution >= 4 is 11.9 Å². The lowest BCUT2D eigenvalue weighted by molar-refractivity contribution is -0.172. The van der Waals surface area contributed by atoms with Crippen LogP contribution >= 0.6 is 0 Å². The molecule has 108 valence electrons. The second-order valence-electron chi connectivity index (χ2n) is 4.94. The Bertz CT molecular complexity index is 470. The van der Waals surface area contributed by atoms with Crippen LogP contribution in [0.1, 0.15) is 24.4 Å². The summed E-state index contributed by atoms with van der Waals surface area (Å²) in [6.07, 6.45) is 0.728. The Labute approximate surface area is 118 Å². The minimum Gasteiger partial charge on any atom is -0.468 e. The van der Waals surface area contributed by atoms with E-state index in [0.717, 1.165) is 5.56 Å². The van der Waals surface area contributed by atoms with Crippen molar-refractivity contribution in [1.29, 1.82) is 0 Å². The van der Waals surface area contributed by atoms with E-state index >= 15 is 0 Å². The predicted molar refractivity (Wildman–Crippen MR) is 72.9 cm³/mol. The number of nitrogens with one attached hydrogen (secondary N) is 1. The van der Waals surface area contributed by atoms with Gasteiger partial charge in [0.2, 0.25) is 0 Å². The zero-order valence-electron chi connectivity index (χ0n) is 11.7. The Balaban J connectivity index is 2.30. The van der Waals surface area contributed by atoms with Gasteiger partial charge in [-0.05, 0) is 24.9 Å². The molecule has 5 nitrogen and oxygen atoms in total. The highest BCUT2D eigenvalue weighted by Gasteiger charge is 2.51. The number of piperidine rings is 1. The molecule has 0 aromatic heterocycles. The lowest BCUT2D eigenvalue weighted by atomic mass is 9.74. The van der Waals surface area contributed by atoms with Crippen LogP contribution < -0.4 is 5.32 Å². The number of carbonyl (C=O) groups is 2. The number of esters is 2. The van der Waals surface area contributed by atoms with Gasteiger partial charge in [-0.3, -0.25) is 9.59 Å². The Morgan fingerprint density at radius 2 is 1.75 bits per heavy atom. The predicted octanol–water partition coefficient (Wildman–Crippen LogP) is 1.44. The minimum absolute atomic E-state index is 0.0665. The van der Waals surface area contributed by atoms with Crippen LogP contribution in [0.25, 0.3) is 0 Å². The Morgan fingerprint density at radius 3 is 2.30 bits per heavy atom. The van der Waals surface area contributed by atoms with Crippen LogP contribution in [0.4, 0.5) is 0 Å². The number of benzene rings is 1. The van der Waals surface area contributed by atoms with E-state index in [4.69, 9.17) is 9.47 Å². The molecule has 0 amide bonds. The molecule has 5 heteroatoms. The van der Waals surface area contributed by atoms with E-state index in [9.17, 15) is 9.59 Å². The monoisotopic (exact) mass is 277 g/mol. The third-order valence-corrected chi connectivity index (χ3v) is 3.85. The molecule has 0 bridgehead atoms. The highest BCUT2D eigenvalue weighted by molar-refractivity contribution is 6.00. The molecule has 2 rings (SSSR count). The summed E-state index contributed by atoms with van der Waals surface area (Å²) in [5.74, 6) is -1.04. The average molecular weight is 277 g/mol. The molecule has 1 aliphatic heterocycles. The topological polar surface area (TPSA) is 64.6 Å². The first kappa shape index (κ1) is 14.5. The van der Waals surface area contributed by atoms with Crippen molar-refractivity contribution in [1.82, 2.24) is 5.32 Å². The van der Waals surface area contributed by atoms with Gasteiger partial charge in [0.1, 0.15) is 0 Å². The third-order valence-electron chi connectivity index (χ3n) is 3.85. The van der Waals surface area contributed by atoms with Gasteiger partial charge in [-0.2, -0.15) is 0 Å². The van der Waals surface area contributed by atoms with Gasteiger partial charge < -0.3 is 14.8 Å². The van der Waals surface area contributed by atoms with Crippen LogP contribution in [0.5, 0.6) is 0 Å². The fourth-order valence-corrected chi connectivity index (χ4v) is 2.75. The maximum absolute atomic E-state index is 12.1. The first-order chi connectivity index (χ1) is 9.64. The minimum atomic E-state index is -1.21. The molecule has 1 aliphatic rings. The van der Waals surface area contributed by atoms with E-state index < -0.39 is 17.4 Å². The molecule has 1 heterocycles. The number of rotatable bonds is 3. The van der Waals surface area contributed by atoms with Crippen LogP contribution in [0.3, 0.4) is 0 Å². The lowest BCUT2D eigenvalue weighted by Gasteiger charge is -2.37. The van der Waals surface area contributed by atoms with Gasteiger partial charge in [0.05, 0.1) is 14.2 Å². The average Bonchev–Trinajstić information content (AvgIpc) is 2.54. The van der Waals surface area contributed by atoms with Crippen LogP contribution in [0, 0.1) is 5.41 Å². The smallest absolute Gasteiger partial charge is 0.323 e. The number of ether oxygens (including phenoxy) is 2. The van der Waals surface area contributed by atoms with Crippen molar-refractivity contribution < 1.29 is 19.1 Å². The van der Waals surface area contributed by atoms with Crippen molar-refractivity contribution in [2.45, 2.75) is 18.9 Å². The van der Waals surface area contributed by atoms with Crippen molar-refractivity contribution in [3.05, 3.63) is 35.9 Å². The van der Waals surface area contributed by atoms with E-state index in [2.05, 4.69) is 5.32 Å². The molecule has 1 atom stereocenters. The molecular formula is C15H19NO4. The van der Waals surface area contributed by atoms with Crippen LogP contribution in [-0.2, 0) is 19.1 Å². The molecule has 1 unspecified atom stereocenters. The molecule has 1 saturated heterocycles. The van der Waals surface area contributed by atoms with Crippen molar-refractivity contribution in [3.8, 4) is 0 Å². The zero-order chi connectivity index (χ0) is 14.6. The summed E-state index contributed by atoms with van der Waals surface area (Å²) in [5.41, 5.74) is -0.167. The van der Waals surface area contributed by atoms with Gasteiger partial charge in [-0.1, -0.05) is 30.3 Å². The van der Waals surface area contributed by atoms with Gasteiger partial charge in [-0.15, -0.1) is 0 Å². The van der Waals surface area contributed by atoms with Crippen molar-refractivity contribution in [2.75, 3.05) is 20.8 Å². The normalized spacial score (nSPS) is 21.0. The summed E-state index contributed by atoms with van der Waals surface area (Å²) in [5, 5.41) is 3.33. The number of hydrogen-bond donors (Lipinski definition) is 1. The van der Waals surface area contributed by atoms with Crippen LogP contribution in [0.2, 0.25) is 0 Å².